The third kappa shape index (κ3) is 1.29. The van der Waals surface area contributed by atoms with Gasteiger partial charge in [-0.3, -0.25) is 4.98 Å². The van der Waals surface area contributed by atoms with Crippen LogP contribution in [0.15, 0.2) is 29.3 Å². The molecule has 0 saturated carbocycles. The van der Waals surface area contributed by atoms with Crippen LogP contribution in [0.3, 0.4) is 0 Å². The van der Waals surface area contributed by atoms with Crippen LogP contribution in [0.25, 0.3) is 11.5 Å². The van der Waals surface area contributed by atoms with Gasteiger partial charge in [0.05, 0.1) is 10.6 Å². The van der Waals surface area contributed by atoms with Gasteiger partial charge in [-0.15, -0.1) is 10.2 Å². The fourth-order valence-corrected chi connectivity index (χ4v) is 1.00. The zero-order valence-electron chi connectivity index (χ0n) is 5.94. The highest BCUT2D eigenvalue weighted by molar-refractivity contribution is 6.30. The second-order valence-electron chi connectivity index (χ2n) is 2.14. The van der Waals surface area contributed by atoms with E-state index in [9.17, 15) is 0 Å². The minimum atomic E-state index is 0.421. The van der Waals surface area contributed by atoms with E-state index in [4.69, 9.17) is 16.0 Å². The summed E-state index contributed by atoms with van der Waals surface area (Å²) >= 11 is 5.71. The molecule has 0 aromatic carbocycles. The summed E-state index contributed by atoms with van der Waals surface area (Å²) in [5.41, 5.74) is 0.722. The van der Waals surface area contributed by atoms with Crippen LogP contribution < -0.4 is 0 Å². The van der Waals surface area contributed by atoms with Crippen LogP contribution in [-0.4, -0.2) is 15.2 Å². The number of pyridine rings is 1. The Kier molecular flexibility index (Phi) is 1.75. The molecule has 0 bridgehead atoms. The molecule has 12 heavy (non-hydrogen) atoms. The topological polar surface area (TPSA) is 51.8 Å². The molecule has 0 unspecified atom stereocenters. The van der Waals surface area contributed by atoms with Crippen LogP contribution >= 0.6 is 11.6 Å². The van der Waals surface area contributed by atoms with Gasteiger partial charge in [-0.2, -0.15) is 0 Å². The molecule has 0 aliphatic heterocycles. The lowest BCUT2D eigenvalue weighted by atomic mass is 10.3. The maximum absolute atomic E-state index is 5.71. The van der Waals surface area contributed by atoms with Gasteiger partial charge in [-0.1, -0.05) is 11.6 Å². The predicted molar refractivity (Wildman–Crippen MR) is 42.5 cm³/mol. The van der Waals surface area contributed by atoms with Gasteiger partial charge in [-0.25, -0.2) is 0 Å². The molecule has 0 spiro atoms. The fraction of sp³-hybridized carbons (Fsp3) is 0. The normalized spacial score (nSPS) is 10.1. The minimum Gasteiger partial charge on any atom is -0.423 e. The molecule has 0 amide bonds. The van der Waals surface area contributed by atoms with Crippen molar-refractivity contribution in [3.63, 3.8) is 0 Å². The number of hydrogen-bond donors (Lipinski definition) is 0. The number of halogens is 1. The molecule has 2 aromatic heterocycles. The number of rotatable bonds is 1. The van der Waals surface area contributed by atoms with E-state index in [1.165, 1.54) is 6.39 Å². The Morgan fingerprint density at radius 3 is 2.92 bits per heavy atom. The van der Waals surface area contributed by atoms with E-state index in [0.717, 1.165) is 5.56 Å². The lowest BCUT2D eigenvalue weighted by molar-refractivity contribution is 0.568. The van der Waals surface area contributed by atoms with Gasteiger partial charge in [0.15, 0.2) is 0 Å². The molecular formula is C7H4ClN3O. The third-order valence-electron chi connectivity index (χ3n) is 1.31. The highest BCUT2D eigenvalue weighted by Crippen LogP contribution is 2.18. The largest absolute Gasteiger partial charge is 0.423 e. The maximum Gasteiger partial charge on any atom is 0.249 e. The minimum absolute atomic E-state index is 0.421. The van der Waals surface area contributed by atoms with Crippen molar-refractivity contribution in [2.45, 2.75) is 0 Å². The zero-order chi connectivity index (χ0) is 8.39. The van der Waals surface area contributed by atoms with Crippen molar-refractivity contribution >= 4 is 11.6 Å². The molecule has 2 rings (SSSR count). The summed E-state index contributed by atoms with van der Waals surface area (Å²) in [4.78, 5) is 3.88. The second-order valence-corrected chi connectivity index (χ2v) is 2.57. The first-order chi connectivity index (χ1) is 5.86. The standard InChI is InChI=1S/C7H4ClN3O/c8-6-1-5(2-9-3-6)7-11-10-4-12-7/h1-4H. The molecule has 0 radical (unpaired) electrons. The van der Waals surface area contributed by atoms with Crippen molar-refractivity contribution in [3.8, 4) is 11.5 Å². The molecule has 2 aromatic rings. The smallest absolute Gasteiger partial charge is 0.249 e. The number of nitrogens with zero attached hydrogens (tertiary/aromatic N) is 3. The van der Waals surface area contributed by atoms with Gasteiger partial charge >= 0.3 is 0 Å². The van der Waals surface area contributed by atoms with Crippen LogP contribution in [0.4, 0.5) is 0 Å². The lowest BCUT2D eigenvalue weighted by Gasteiger charge is -1.92. The van der Waals surface area contributed by atoms with Crippen molar-refractivity contribution < 1.29 is 4.42 Å². The molecule has 0 saturated heterocycles. The molecule has 0 N–H and O–H groups in total. The zero-order valence-corrected chi connectivity index (χ0v) is 6.69. The van der Waals surface area contributed by atoms with Gasteiger partial charge in [0.2, 0.25) is 12.3 Å². The Balaban J connectivity index is 2.48. The Morgan fingerprint density at radius 2 is 2.25 bits per heavy atom. The van der Waals surface area contributed by atoms with Crippen molar-refractivity contribution in [1.82, 2.24) is 15.2 Å². The monoisotopic (exact) mass is 181 g/mol. The van der Waals surface area contributed by atoms with Crippen LogP contribution in [-0.2, 0) is 0 Å². The molecular weight excluding hydrogens is 178 g/mol. The van der Waals surface area contributed by atoms with Crippen molar-refractivity contribution in [2.75, 3.05) is 0 Å². The molecule has 2 heterocycles. The van der Waals surface area contributed by atoms with Gasteiger partial charge in [0.25, 0.3) is 0 Å². The molecule has 0 fully saturated rings. The van der Waals surface area contributed by atoms with E-state index in [-0.39, 0.29) is 0 Å². The van der Waals surface area contributed by atoms with Gasteiger partial charge in [-0.05, 0) is 6.07 Å². The fourth-order valence-electron chi connectivity index (χ4n) is 0.828. The van der Waals surface area contributed by atoms with Crippen molar-refractivity contribution in [1.29, 1.82) is 0 Å². The first-order valence-corrected chi connectivity index (χ1v) is 3.61. The van der Waals surface area contributed by atoms with Gasteiger partial charge < -0.3 is 4.42 Å². The Bertz CT molecular complexity index is 374. The third-order valence-corrected chi connectivity index (χ3v) is 1.52. The van der Waals surface area contributed by atoms with Crippen molar-refractivity contribution in [3.05, 3.63) is 29.9 Å². The summed E-state index contributed by atoms with van der Waals surface area (Å²) in [5.74, 6) is 0.421. The second kappa shape index (κ2) is 2.91. The van der Waals surface area contributed by atoms with Crippen LogP contribution in [0, 0.1) is 0 Å². The first kappa shape index (κ1) is 7.24. The number of aromatic nitrogens is 3. The number of hydrogen-bond acceptors (Lipinski definition) is 4. The van der Waals surface area contributed by atoms with Crippen LogP contribution in [0.1, 0.15) is 0 Å². The van der Waals surface area contributed by atoms with Crippen molar-refractivity contribution in [2.24, 2.45) is 0 Å². The summed E-state index contributed by atoms with van der Waals surface area (Å²) in [7, 11) is 0. The van der Waals surface area contributed by atoms with Gasteiger partial charge in [0.1, 0.15) is 0 Å². The first-order valence-electron chi connectivity index (χ1n) is 3.23. The quantitative estimate of drug-likeness (QED) is 0.673. The predicted octanol–water partition coefficient (Wildman–Crippen LogP) is 1.78. The molecule has 4 nitrogen and oxygen atoms in total. The van der Waals surface area contributed by atoms with E-state index in [0.29, 0.717) is 10.9 Å². The maximum atomic E-state index is 5.71. The van der Waals surface area contributed by atoms with E-state index < -0.39 is 0 Å². The Hall–Kier alpha value is -1.42. The van der Waals surface area contributed by atoms with Gasteiger partial charge in [0, 0.05) is 12.4 Å². The van der Waals surface area contributed by atoms with E-state index in [1.807, 2.05) is 0 Å². The summed E-state index contributed by atoms with van der Waals surface area (Å²) in [6.45, 7) is 0. The Labute approximate surface area is 73.2 Å². The van der Waals surface area contributed by atoms with E-state index in [2.05, 4.69) is 15.2 Å². The van der Waals surface area contributed by atoms with E-state index >= 15 is 0 Å². The summed E-state index contributed by atoms with van der Waals surface area (Å²) < 4.78 is 4.95. The average molecular weight is 182 g/mol. The molecule has 0 aliphatic carbocycles. The van der Waals surface area contributed by atoms with Crippen LogP contribution in [0.5, 0.6) is 0 Å². The molecule has 0 aliphatic rings. The van der Waals surface area contributed by atoms with Crippen LogP contribution in [0.2, 0.25) is 5.02 Å². The summed E-state index contributed by atoms with van der Waals surface area (Å²) in [6.07, 6.45) is 4.41. The highest BCUT2D eigenvalue weighted by Gasteiger charge is 2.03. The summed E-state index contributed by atoms with van der Waals surface area (Å²) in [5, 5.41) is 7.80. The Morgan fingerprint density at radius 1 is 1.33 bits per heavy atom. The highest BCUT2D eigenvalue weighted by atomic mass is 35.5. The molecule has 60 valence electrons. The summed E-state index contributed by atoms with van der Waals surface area (Å²) in [6, 6.07) is 1.71. The van der Waals surface area contributed by atoms with E-state index in [1.54, 1.807) is 18.5 Å². The molecule has 0 atom stereocenters. The molecule has 5 heteroatoms. The lowest BCUT2D eigenvalue weighted by Crippen LogP contribution is -1.79. The average Bonchev–Trinajstić information content (AvgIpc) is 2.56. The SMILES string of the molecule is Clc1cncc(-c2nnco2)c1.